The molecule has 0 radical (unpaired) electrons. The maximum atomic E-state index is 8.83. The molecule has 196 valence electrons. The zero-order valence-electron chi connectivity index (χ0n) is 19.3. The van der Waals surface area contributed by atoms with Crippen LogP contribution < -0.4 is 4.74 Å². The molecule has 7 nitrogen and oxygen atoms in total. The van der Waals surface area contributed by atoms with Crippen LogP contribution in [0.4, 0.5) is 0 Å². The van der Waals surface area contributed by atoms with E-state index in [-0.39, 0.29) is 32.2 Å². The van der Waals surface area contributed by atoms with Gasteiger partial charge in [0.1, 0.15) is 11.5 Å². The molecule has 0 bridgehead atoms. The molecule has 2 rings (SSSR count). The Morgan fingerprint density at radius 3 is 1.76 bits per heavy atom. The first-order valence-corrected chi connectivity index (χ1v) is 14.1. The molecule has 0 saturated carbocycles. The van der Waals surface area contributed by atoms with Gasteiger partial charge in [-0.2, -0.15) is 0 Å². The van der Waals surface area contributed by atoms with E-state index in [0.717, 1.165) is 39.3 Å². The summed E-state index contributed by atoms with van der Waals surface area (Å²) in [5.74, 6) is 1.06. The standard InChI is InChI=1S/C12H17BrO3.C7H8O2.C3H6Br2.C2H6O2/c13-5-2-7-16-12-4-1-3-11(9-12)10-15-8-6-14;8-5-6-2-1-3-7(9)4-6;4-2-1-3-5;3-1-2-4/h1,3-4,9,14H,2,5-8,10H2;1-4,8-9H,5H2;1-3H2;3-4H,1-2H2. The highest BCUT2D eigenvalue weighted by Gasteiger charge is 1.97. The van der Waals surface area contributed by atoms with Crippen LogP contribution in [-0.2, 0) is 18.0 Å². The highest BCUT2D eigenvalue weighted by atomic mass is 79.9. The molecule has 0 spiro atoms. The quantitative estimate of drug-likeness (QED) is 0.167. The van der Waals surface area contributed by atoms with Crippen molar-refractivity contribution in [2.45, 2.75) is 26.1 Å². The van der Waals surface area contributed by atoms with Gasteiger partial charge < -0.3 is 35.0 Å². The summed E-state index contributed by atoms with van der Waals surface area (Å²) in [6.45, 7) is 1.38. The van der Waals surface area contributed by atoms with Gasteiger partial charge in [-0.3, -0.25) is 0 Å². The Kier molecular flexibility index (Phi) is 29.7. The van der Waals surface area contributed by atoms with E-state index in [1.54, 1.807) is 18.2 Å². The summed E-state index contributed by atoms with van der Waals surface area (Å²) in [5, 5.41) is 44.4. The zero-order valence-corrected chi connectivity index (χ0v) is 24.0. The number of phenols is 1. The Morgan fingerprint density at radius 2 is 1.29 bits per heavy atom. The van der Waals surface area contributed by atoms with Gasteiger partial charge in [0.15, 0.2) is 0 Å². The second kappa shape index (κ2) is 28.5. The molecule has 2 aromatic carbocycles. The molecule has 0 aliphatic carbocycles. The van der Waals surface area contributed by atoms with E-state index >= 15 is 0 Å². The van der Waals surface area contributed by atoms with Gasteiger partial charge in [-0.15, -0.1) is 0 Å². The highest BCUT2D eigenvalue weighted by Crippen LogP contribution is 2.14. The van der Waals surface area contributed by atoms with E-state index in [9.17, 15) is 0 Å². The Bertz CT molecular complexity index is 649. The number of halogens is 3. The number of aliphatic hydroxyl groups excluding tert-OH is 4. The van der Waals surface area contributed by atoms with Crippen molar-refractivity contribution in [3.8, 4) is 11.5 Å². The van der Waals surface area contributed by atoms with Crippen LogP contribution >= 0.6 is 47.8 Å². The van der Waals surface area contributed by atoms with E-state index in [2.05, 4.69) is 47.8 Å². The van der Waals surface area contributed by atoms with Crippen LogP contribution in [-0.4, -0.2) is 74.6 Å². The molecule has 0 amide bonds. The minimum absolute atomic E-state index is 0.0194. The average Bonchev–Trinajstić information content (AvgIpc) is 2.86. The number of hydrogen-bond acceptors (Lipinski definition) is 7. The van der Waals surface area contributed by atoms with Crippen LogP contribution in [0.5, 0.6) is 11.5 Å². The molecular weight excluding hydrogens is 640 g/mol. The Morgan fingerprint density at radius 1 is 0.676 bits per heavy atom. The normalized spacial score (nSPS) is 9.50. The molecule has 0 saturated heterocycles. The number of aliphatic hydroxyl groups is 4. The van der Waals surface area contributed by atoms with Gasteiger partial charge in [-0.05, 0) is 48.2 Å². The SMILES string of the molecule is BrCCCBr.OCCO.OCCOCc1cccc(OCCCBr)c1.OCc1cccc(O)c1. The van der Waals surface area contributed by atoms with Gasteiger partial charge in [-0.1, -0.05) is 72.1 Å². The van der Waals surface area contributed by atoms with Crippen LogP contribution in [0.2, 0.25) is 0 Å². The number of ether oxygens (including phenoxy) is 2. The van der Waals surface area contributed by atoms with Crippen molar-refractivity contribution in [1.82, 2.24) is 0 Å². The van der Waals surface area contributed by atoms with Gasteiger partial charge in [-0.25, -0.2) is 0 Å². The summed E-state index contributed by atoms with van der Waals surface area (Å²) in [7, 11) is 0. The summed E-state index contributed by atoms with van der Waals surface area (Å²) in [6.07, 6.45) is 2.21. The maximum absolute atomic E-state index is 8.83. The average molecular weight is 677 g/mol. The molecule has 0 atom stereocenters. The first-order chi connectivity index (χ1) is 16.5. The van der Waals surface area contributed by atoms with E-state index in [1.807, 2.05) is 24.3 Å². The summed E-state index contributed by atoms with van der Waals surface area (Å²) >= 11 is 9.91. The number of phenolic OH excluding ortho intramolecular Hbond substituents is 1. The third-order valence-electron chi connectivity index (χ3n) is 3.41. The van der Waals surface area contributed by atoms with Gasteiger partial charge in [0.25, 0.3) is 0 Å². The fourth-order valence-corrected chi connectivity index (χ4v) is 3.47. The molecule has 0 fully saturated rings. The zero-order chi connectivity index (χ0) is 25.9. The number of hydrogen-bond donors (Lipinski definition) is 5. The Hall–Kier alpha value is -0.720. The van der Waals surface area contributed by atoms with E-state index in [1.165, 1.54) is 12.5 Å². The lowest BCUT2D eigenvalue weighted by molar-refractivity contribution is 0.0814. The molecule has 0 unspecified atom stereocenters. The van der Waals surface area contributed by atoms with E-state index < -0.39 is 0 Å². The van der Waals surface area contributed by atoms with E-state index in [0.29, 0.717) is 19.8 Å². The second-order valence-electron chi connectivity index (χ2n) is 6.32. The largest absolute Gasteiger partial charge is 0.508 e. The van der Waals surface area contributed by atoms with Gasteiger partial charge in [0.05, 0.1) is 46.2 Å². The second-order valence-corrected chi connectivity index (χ2v) is 8.70. The molecule has 0 aliphatic rings. The van der Waals surface area contributed by atoms with Crippen LogP contribution in [0, 0.1) is 0 Å². The lowest BCUT2D eigenvalue weighted by atomic mass is 10.2. The van der Waals surface area contributed by atoms with Crippen LogP contribution in [0.3, 0.4) is 0 Å². The highest BCUT2D eigenvalue weighted by molar-refractivity contribution is 9.09. The van der Waals surface area contributed by atoms with Gasteiger partial charge in [0, 0.05) is 16.0 Å². The monoisotopic (exact) mass is 674 g/mol. The first kappa shape index (κ1) is 35.4. The molecular formula is C24H37Br3O7. The number of benzene rings is 2. The van der Waals surface area contributed by atoms with Crippen LogP contribution in [0.25, 0.3) is 0 Å². The third kappa shape index (κ3) is 24.4. The number of aromatic hydroxyl groups is 1. The molecule has 5 N–H and O–H groups in total. The van der Waals surface area contributed by atoms with Crippen molar-refractivity contribution in [3.63, 3.8) is 0 Å². The van der Waals surface area contributed by atoms with Crippen molar-refractivity contribution in [3.05, 3.63) is 59.7 Å². The van der Waals surface area contributed by atoms with Crippen LogP contribution in [0.1, 0.15) is 24.0 Å². The topological polar surface area (TPSA) is 120 Å². The van der Waals surface area contributed by atoms with Crippen LogP contribution in [0.15, 0.2) is 48.5 Å². The first-order valence-electron chi connectivity index (χ1n) is 10.7. The summed E-state index contributed by atoms with van der Waals surface area (Å²) in [4.78, 5) is 0. The fraction of sp³-hybridized carbons (Fsp3) is 0.500. The molecule has 34 heavy (non-hydrogen) atoms. The Labute approximate surface area is 228 Å². The molecule has 0 aromatic heterocycles. The predicted molar refractivity (Wildman–Crippen MR) is 147 cm³/mol. The minimum atomic E-state index is -0.125. The molecule has 10 heteroatoms. The number of rotatable bonds is 12. The van der Waals surface area contributed by atoms with Crippen molar-refractivity contribution in [2.75, 3.05) is 49.0 Å². The predicted octanol–water partition coefficient (Wildman–Crippen LogP) is 4.38. The molecule has 0 heterocycles. The van der Waals surface area contributed by atoms with Gasteiger partial charge in [0.2, 0.25) is 0 Å². The van der Waals surface area contributed by atoms with Crippen molar-refractivity contribution in [2.24, 2.45) is 0 Å². The Balaban J connectivity index is 0. The summed E-state index contributed by atoms with van der Waals surface area (Å²) in [6, 6.07) is 14.4. The fourth-order valence-electron chi connectivity index (χ4n) is 1.93. The summed E-state index contributed by atoms with van der Waals surface area (Å²) < 4.78 is 10.8. The smallest absolute Gasteiger partial charge is 0.119 e. The van der Waals surface area contributed by atoms with E-state index in [4.69, 9.17) is 35.0 Å². The maximum Gasteiger partial charge on any atom is 0.119 e. The van der Waals surface area contributed by atoms with Crippen molar-refractivity contribution >= 4 is 47.8 Å². The molecule has 0 aliphatic heterocycles. The summed E-state index contributed by atoms with van der Waals surface area (Å²) in [5.41, 5.74) is 1.79. The molecule has 2 aromatic rings. The lowest BCUT2D eigenvalue weighted by Gasteiger charge is -2.07. The number of alkyl halides is 3. The van der Waals surface area contributed by atoms with Crippen molar-refractivity contribution < 1.29 is 35.0 Å². The van der Waals surface area contributed by atoms with Gasteiger partial charge >= 0.3 is 0 Å². The lowest BCUT2D eigenvalue weighted by Crippen LogP contribution is -2.01. The third-order valence-corrected chi connectivity index (χ3v) is 5.09. The van der Waals surface area contributed by atoms with Crippen molar-refractivity contribution in [1.29, 1.82) is 0 Å². The minimum Gasteiger partial charge on any atom is -0.508 e.